The highest BCUT2D eigenvalue weighted by molar-refractivity contribution is 7.92. The molecule has 0 bridgehead atoms. The molecule has 1 aliphatic heterocycles. The van der Waals surface area contributed by atoms with Gasteiger partial charge in [0.05, 0.1) is 4.90 Å². The Balaban J connectivity index is 0.00000280. The van der Waals surface area contributed by atoms with Crippen LogP contribution in [0.4, 0.5) is 5.69 Å². The zero-order chi connectivity index (χ0) is 19.4. The van der Waals surface area contributed by atoms with Gasteiger partial charge in [-0.05, 0) is 48.8 Å². The van der Waals surface area contributed by atoms with Gasteiger partial charge in [-0.25, -0.2) is 8.42 Å². The Hall–Kier alpha value is -2.09. The highest BCUT2D eigenvalue weighted by Crippen LogP contribution is 2.21. The van der Waals surface area contributed by atoms with Gasteiger partial charge in [-0.15, -0.1) is 12.4 Å². The summed E-state index contributed by atoms with van der Waals surface area (Å²) in [4.78, 5) is 14.5. The van der Waals surface area contributed by atoms with Gasteiger partial charge in [0.15, 0.2) is 0 Å². The summed E-state index contributed by atoms with van der Waals surface area (Å²) in [7, 11) is -1.85. The van der Waals surface area contributed by atoms with E-state index in [-0.39, 0.29) is 29.1 Å². The number of carbonyl (C=O) groups is 1. The van der Waals surface area contributed by atoms with Crippen LogP contribution in [0.1, 0.15) is 12.5 Å². The van der Waals surface area contributed by atoms with E-state index in [2.05, 4.69) is 10.0 Å². The fourth-order valence-corrected chi connectivity index (χ4v) is 4.18. The Bertz CT molecular complexity index is 902. The Morgan fingerprint density at radius 3 is 2.46 bits per heavy atom. The van der Waals surface area contributed by atoms with Gasteiger partial charge in [-0.3, -0.25) is 9.52 Å². The summed E-state index contributed by atoms with van der Waals surface area (Å²) in [5.74, 6) is 0.483. The second-order valence-electron chi connectivity index (χ2n) is 7.02. The molecule has 3 rings (SSSR count). The van der Waals surface area contributed by atoms with Gasteiger partial charge >= 0.3 is 0 Å². The molecule has 0 saturated carbocycles. The molecule has 8 heteroatoms. The van der Waals surface area contributed by atoms with Crippen molar-refractivity contribution in [2.45, 2.75) is 18.4 Å². The van der Waals surface area contributed by atoms with Crippen molar-refractivity contribution in [2.75, 3.05) is 24.9 Å². The molecule has 6 nitrogen and oxygen atoms in total. The summed E-state index contributed by atoms with van der Waals surface area (Å²) in [6, 6.07) is 15.4. The Kier molecular flexibility index (Phi) is 7.46. The zero-order valence-electron chi connectivity index (χ0n) is 16.0. The molecule has 1 heterocycles. The summed E-state index contributed by atoms with van der Waals surface area (Å²) in [5.41, 5.74) is 1.35. The molecule has 1 aliphatic rings. The lowest BCUT2D eigenvalue weighted by Crippen LogP contribution is -2.49. The minimum absolute atomic E-state index is 0. The third-order valence-electron chi connectivity index (χ3n) is 4.94. The standard InChI is InChI=1S/C20H25N3O3S.ClH/c1-15(17-12-21-13-17)20(24)23(2)14-16-7-6-8-18(11-16)22-27(25,26)19-9-4-3-5-10-19;/h3-11,15,17,21-22H,12-14H2,1-2H3;1H. The number of rotatable bonds is 7. The van der Waals surface area contributed by atoms with E-state index in [9.17, 15) is 13.2 Å². The lowest BCUT2D eigenvalue weighted by Gasteiger charge is -2.34. The molecule has 2 aromatic carbocycles. The normalized spacial score (nSPS) is 15.1. The summed E-state index contributed by atoms with van der Waals surface area (Å²) >= 11 is 0. The van der Waals surface area contributed by atoms with Crippen molar-refractivity contribution in [1.82, 2.24) is 10.2 Å². The van der Waals surface area contributed by atoms with Crippen LogP contribution in [0.5, 0.6) is 0 Å². The van der Waals surface area contributed by atoms with Crippen LogP contribution in [-0.2, 0) is 21.4 Å². The molecule has 1 amide bonds. The van der Waals surface area contributed by atoms with Crippen LogP contribution < -0.4 is 10.0 Å². The Morgan fingerprint density at radius 2 is 1.86 bits per heavy atom. The molecule has 2 aromatic rings. The Morgan fingerprint density at radius 1 is 1.18 bits per heavy atom. The molecule has 0 aliphatic carbocycles. The van der Waals surface area contributed by atoms with Gasteiger partial charge in [0, 0.05) is 25.2 Å². The van der Waals surface area contributed by atoms with Gasteiger partial charge in [0.25, 0.3) is 10.0 Å². The van der Waals surface area contributed by atoms with Crippen molar-refractivity contribution in [2.24, 2.45) is 11.8 Å². The molecule has 1 fully saturated rings. The van der Waals surface area contributed by atoms with Crippen LogP contribution in [0, 0.1) is 11.8 Å². The zero-order valence-corrected chi connectivity index (χ0v) is 17.6. The average Bonchev–Trinajstić information content (AvgIpc) is 2.60. The molecule has 0 aromatic heterocycles. The molecule has 0 radical (unpaired) electrons. The van der Waals surface area contributed by atoms with E-state index >= 15 is 0 Å². The first-order valence-electron chi connectivity index (χ1n) is 8.99. The first-order chi connectivity index (χ1) is 12.9. The van der Waals surface area contributed by atoms with Gasteiger partial charge < -0.3 is 10.2 Å². The molecular weight excluding hydrogens is 398 g/mol. The molecule has 28 heavy (non-hydrogen) atoms. The molecule has 1 unspecified atom stereocenters. The number of carbonyl (C=O) groups excluding carboxylic acids is 1. The SMILES string of the molecule is CC(C(=O)N(C)Cc1cccc(NS(=O)(=O)c2ccccc2)c1)C1CNC1.Cl. The number of hydrogen-bond acceptors (Lipinski definition) is 4. The number of hydrogen-bond donors (Lipinski definition) is 2. The summed E-state index contributed by atoms with van der Waals surface area (Å²) in [6.45, 7) is 4.17. The van der Waals surface area contributed by atoms with E-state index in [1.54, 1.807) is 60.5 Å². The monoisotopic (exact) mass is 423 g/mol. The quantitative estimate of drug-likeness (QED) is 0.717. The third-order valence-corrected chi connectivity index (χ3v) is 6.34. The van der Waals surface area contributed by atoms with E-state index in [0.717, 1.165) is 18.7 Å². The van der Waals surface area contributed by atoms with Crippen LogP contribution in [0.25, 0.3) is 0 Å². The molecule has 1 saturated heterocycles. The van der Waals surface area contributed by atoms with Crippen LogP contribution in [0.3, 0.4) is 0 Å². The number of anilines is 1. The van der Waals surface area contributed by atoms with Crippen molar-refractivity contribution in [3.8, 4) is 0 Å². The minimum atomic E-state index is -3.63. The highest BCUT2D eigenvalue weighted by Gasteiger charge is 2.30. The topological polar surface area (TPSA) is 78.5 Å². The molecular formula is C20H26ClN3O3S. The maximum Gasteiger partial charge on any atom is 0.261 e. The average molecular weight is 424 g/mol. The first kappa shape index (κ1) is 22.2. The maximum absolute atomic E-state index is 12.6. The highest BCUT2D eigenvalue weighted by atomic mass is 35.5. The second kappa shape index (κ2) is 9.41. The van der Waals surface area contributed by atoms with Crippen LogP contribution in [0.15, 0.2) is 59.5 Å². The largest absolute Gasteiger partial charge is 0.341 e. The van der Waals surface area contributed by atoms with E-state index in [1.165, 1.54) is 0 Å². The van der Waals surface area contributed by atoms with Gasteiger partial charge in [-0.1, -0.05) is 37.3 Å². The molecule has 1 atom stereocenters. The van der Waals surface area contributed by atoms with Crippen molar-refractivity contribution >= 4 is 34.0 Å². The summed E-state index contributed by atoms with van der Waals surface area (Å²) in [5, 5.41) is 3.19. The van der Waals surface area contributed by atoms with Crippen LogP contribution >= 0.6 is 12.4 Å². The summed E-state index contributed by atoms with van der Waals surface area (Å²) in [6.07, 6.45) is 0. The number of nitrogens with one attached hydrogen (secondary N) is 2. The minimum Gasteiger partial charge on any atom is -0.341 e. The van der Waals surface area contributed by atoms with Crippen LogP contribution in [0.2, 0.25) is 0 Å². The van der Waals surface area contributed by atoms with Gasteiger partial charge in [-0.2, -0.15) is 0 Å². The van der Waals surface area contributed by atoms with Crippen molar-refractivity contribution in [3.63, 3.8) is 0 Å². The molecule has 152 valence electrons. The lowest BCUT2D eigenvalue weighted by molar-refractivity contribution is -0.136. The van der Waals surface area contributed by atoms with Gasteiger partial charge in [0.1, 0.15) is 0 Å². The maximum atomic E-state index is 12.6. The number of amides is 1. The number of halogens is 1. The Labute approximate surface area is 172 Å². The smallest absolute Gasteiger partial charge is 0.261 e. The number of benzene rings is 2. The predicted octanol–water partition coefficient (Wildman–Crippen LogP) is 2.72. The fourth-order valence-electron chi connectivity index (χ4n) is 3.11. The van der Waals surface area contributed by atoms with E-state index < -0.39 is 10.0 Å². The van der Waals surface area contributed by atoms with Crippen molar-refractivity contribution in [1.29, 1.82) is 0 Å². The lowest BCUT2D eigenvalue weighted by atomic mass is 9.88. The van der Waals surface area contributed by atoms with Crippen LogP contribution in [-0.4, -0.2) is 39.4 Å². The molecule has 2 N–H and O–H groups in total. The number of nitrogens with zero attached hydrogens (tertiary/aromatic N) is 1. The predicted molar refractivity (Wildman–Crippen MR) is 113 cm³/mol. The van der Waals surface area contributed by atoms with E-state index in [0.29, 0.717) is 18.2 Å². The van der Waals surface area contributed by atoms with E-state index in [4.69, 9.17) is 0 Å². The molecule has 0 spiro atoms. The van der Waals surface area contributed by atoms with E-state index in [1.807, 2.05) is 13.0 Å². The van der Waals surface area contributed by atoms with Gasteiger partial charge in [0.2, 0.25) is 5.91 Å². The summed E-state index contributed by atoms with van der Waals surface area (Å²) < 4.78 is 27.5. The van der Waals surface area contributed by atoms with Crippen molar-refractivity contribution < 1.29 is 13.2 Å². The van der Waals surface area contributed by atoms with Crippen molar-refractivity contribution in [3.05, 3.63) is 60.2 Å². The first-order valence-corrected chi connectivity index (χ1v) is 10.5. The second-order valence-corrected chi connectivity index (χ2v) is 8.70. The third kappa shape index (κ3) is 5.25. The fraction of sp³-hybridized carbons (Fsp3) is 0.350. The number of sulfonamides is 1.